The molecule has 0 bridgehead atoms. The first-order chi connectivity index (χ1) is 8.11. The quantitative estimate of drug-likeness (QED) is 0.764. The second kappa shape index (κ2) is 6.52. The molecule has 0 unspecified atom stereocenters. The fourth-order valence-corrected chi connectivity index (χ4v) is 1.36. The van der Waals surface area contributed by atoms with Crippen LogP contribution in [-0.4, -0.2) is 25.2 Å². The van der Waals surface area contributed by atoms with Crippen molar-refractivity contribution in [2.45, 2.75) is 19.5 Å². The van der Waals surface area contributed by atoms with Gasteiger partial charge in [-0.2, -0.15) is 0 Å². The summed E-state index contributed by atoms with van der Waals surface area (Å²) in [5.74, 6) is -0.0187. The number of alkyl carbamates (subject to hydrolysis) is 1. The third-order valence-corrected chi connectivity index (χ3v) is 2.08. The van der Waals surface area contributed by atoms with Gasteiger partial charge in [0.2, 0.25) is 0 Å². The van der Waals surface area contributed by atoms with Gasteiger partial charge in [0, 0.05) is 12.1 Å². The number of benzene rings is 1. The van der Waals surface area contributed by atoms with Crippen molar-refractivity contribution in [3.05, 3.63) is 30.3 Å². The number of carbonyl (C=O) groups is 2. The fourth-order valence-electron chi connectivity index (χ4n) is 1.36. The van der Waals surface area contributed by atoms with E-state index in [1.165, 1.54) is 14.0 Å². The minimum atomic E-state index is -0.570. The molecule has 1 aromatic rings. The third-order valence-electron chi connectivity index (χ3n) is 2.08. The van der Waals surface area contributed by atoms with Gasteiger partial charge in [0.15, 0.2) is 0 Å². The number of nitrogens with one attached hydrogen (secondary N) is 2. The van der Waals surface area contributed by atoms with Crippen molar-refractivity contribution in [1.29, 1.82) is 0 Å². The Hall–Kier alpha value is -2.04. The van der Waals surface area contributed by atoms with E-state index in [4.69, 9.17) is 0 Å². The van der Waals surface area contributed by atoms with E-state index in [2.05, 4.69) is 15.4 Å². The summed E-state index contributed by atoms with van der Waals surface area (Å²) >= 11 is 0. The Bertz CT molecular complexity index is 379. The van der Waals surface area contributed by atoms with Crippen molar-refractivity contribution in [3.8, 4) is 0 Å². The first-order valence-corrected chi connectivity index (χ1v) is 5.27. The zero-order valence-corrected chi connectivity index (χ0v) is 9.90. The van der Waals surface area contributed by atoms with Crippen molar-refractivity contribution in [2.24, 2.45) is 0 Å². The van der Waals surface area contributed by atoms with Crippen LogP contribution in [0.4, 0.5) is 10.5 Å². The molecule has 0 fully saturated rings. The van der Waals surface area contributed by atoms with Crippen molar-refractivity contribution in [1.82, 2.24) is 5.32 Å². The van der Waals surface area contributed by atoms with Gasteiger partial charge in [0.25, 0.3) is 0 Å². The second-order valence-electron chi connectivity index (χ2n) is 3.61. The molecule has 1 atom stereocenters. The average Bonchev–Trinajstić information content (AvgIpc) is 2.29. The lowest BCUT2D eigenvalue weighted by molar-refractivity contribution is -0.117. The summed E-state index contributed by atoms with van der Waals surface area (Å²) in [4.78, 5) is 22.2. The zero-order valence-electron chi connectivity index (χ0n) is 9.90. The molecule has 0 aliphatic carbocycles. The molecule has 92 valence electrons. The molecule has 0 saturated heterocycles. The summed E-state index contributed by atoms with van der Waals surface area (Å²) < 4.78 is 4.50. The van der Waals surface area contributed by atoms with E-state index in [0.717, 1.165) is 5.69 Å². The Kier molecular flexibility index (Phi) is 5.00. The lowest BCUT2D eigenvalue weighted by atomic mass is 10.2. The van der Waals surface area contributed by atoms with Gasteiger partial charge in [-0.3, -0.25) is 4.79 Å². The molecule has 5 heteroatoms. The number of Topliss-reactive ketones (excluding diaryl/α,β-unsaturated/α-hetero) is 1. The van der Waals surface area contributed by atoms with Gasteiger partial charge in [-0.15, -0.1) is 0 Å². The van der Waals surface area contributed by atoms with Crippen molar-refractivity contribution in [3.63, 3.8) is 0 Å². The zero-order chi connectivity index (χ0) is 12.7. The monoisotopic (exact) mass is 236 g/mol. The van der Waals surface area contributed by atoms with Crippen LogP contribution < -0.4 is 10.6 Å². The molecule has 1 rings (SSSR count). The topological polar surface area (TPSA) is 67.4 Å². The van der Waals surface area contributed by atoms with E-state index in [1.807, 2.05) is 30.3 Å². The summed E-state index contributed by atoms with van der Waals surface area (Å²) in [6, 6.07) is 9.33. The van der Waals surface area contributed by atoms with Crippen LogP contribution in [0.1, 0.15) is 13.3 Å². The minimum Gasteiger partial charge on any atom is -0.453 e. The summed E-state index contributed by atoms with van der Waals surface area (Å²) in [6.07, 6.45) is -0.841. The molecule has 0 saturated carbocycles. The van der Waals surface area contributed by atoms with E-state index in [1.54, 1.807) is 0 Å². The maximum Gasteiger partial charge on any atom is 0.408 e. The lowest BCUT2D eigenvalue weighted by Crippen LogP contribution is -2.41. The molecular weight excluding hydrogens is 220 g/mol. The van der Waals surface area contributed by atoms with Gasteiger partial charge in [-0.1, -0.05) is 18.2 Å². The Labute approximate surface area is 100 Å². The Balaban J connectivity index is 2.63. The van der Waals surface area contributed by atoms with Gasteiger partial charge < -0.3 is 15.4 Å². The molecule has 0 heterocycles. The smallest absolute Gasteiger partial charge is 0.408 e. The van der Waals surface area contributed by atoms with Crippen LogP contribution in [0, 0.1) is 0 Å². The number of hydrogen-bond donors (Lipinski definition) is 2. The number of rotatable bonds is 5. The molecule has 5 nitrogen and oxygen atoms in total. The summed E-state index contributed by atoms with van der Waals surface area (Å²) in [5.41, 5.74) is 0.829. The van der Waals surface area contributed by atoms with E-state index in [-0.39, 0.29) is 12.2 Å². The van der Waals surface area contributed by atoms with Crippen LogP contribution in [-0.2, 0) is 9.53 Å². The minimum absolute atomic E-state index is 0.0187. The van der Waals surface area contributed by atoms with Crippen molar-refractivity contribution < 1.29 is 14.3 Å². The highest BCUT2D eigenvalue weighted by atomic mass is 16.5. The summed E-state index contributed by atoms with van der Waals surface area (Å²) in [6.45, 7) is 1.47. The summed E-state index contributed by atoms with van der Waals surface area (Å²) in [7, 11) is 1.28. The fraction of sp³-hybridized carbons (Fsp3) is 0.333. The molecular formula is C12H16N2O3. The Morgan fingerprint density at radius 2 is 1.94 bits per heavy atom. The molecule has 17 heavy (non-hydrogen) atoms. The summed E-state index contributed by atoms with van der Waals surface area (Å²) in [5, 5.41) is 5.60. The Morgan fingerprint density at radius 1 is 1.29 bits per heavy atom. The van der Waals surface area contributed by atoms with Gasteiger partial charge in [0.1, 0.15) is 11.9 Å². The first kappa shape index (κ1) is 13.0. The van der Waals surface area contributed by atoms with Gasteiger partial charge in [-0.05, 0) is 19.1 Å². The molecule has 1 aromatic carbocycles. The highest BCUT2D eigenvalue weighted by Crippen LogP contribution is 2.08. The molecule has 0 aliphatic rings. The normalized spacial score (nSPS) is 11.4. The van der Waals surface area contributed by atoms with Crippen LogP contribution in [0.2, 0.25) is 0 Å². The second-order valence-corrected chi connectivity index (χ2v) is 3.61. The number of ether oxygens (including phenoxy) is 1. The number of amides is 1. The van der Waals surface area contributed by atoms with Crippen LogP contribution >= 0.6 is 0 Å². The molecule has 0 radical (unpaired) electrons. The van der Waals surface area contributed by atoms with Crippen molar-refractivity contribution >= 4 is 17.6 Å². The predicted molar refractivity (Wildman–Crippen MR) is 64.7 cm³/mol. The van der Waals surface area contributed by atoms with Gasteiger partial charge >= 0.3 is 6.09 Å². The Morgan fingerprint density at radius 3 is 2.47 bits per heavy atom. The number of ketones is 1. The molecule has 1 amide bonds. The maximum absolute atomic E-state index is 11.1. The SMILES string of the molecule is COC(=O)N[C@@H](CC(C)=O)Nc1ccccc1. The largest absolute Gasteiger partial charge is 0.453 e. The van der Waals surface area contributed by atoms with E-state index in [0.29, 0.717) is 0 Å². The number of para-hydroxylation sites is 1. The predicted octanol–water partition coefficient (Wildman–Crippen LogP) is 1.76. The highest BCUT2D eigenvalue weighted by Gasteiger charge is 2.14. The van der Waals surface area contributed by atoms with Gasteiger partial charge in [-0.25, -0.2) is 4.79 Å². The maximum atomic E-state index is 11.1. The van der Waals surface area contributed by atoms with Crippen molar-refractivity contribution in [2.75, 3.05) is 12.4 Å². The number of carbonyl (C=O) groups excluding carboxylic acids is 2. The molecule has 0 aromatic heterocycles. The van der Waals surface area contributed by atoms with Crippen LogP contribution in [0.15, 0.2) is 30.3 Å². The van der Waals surface area contributed by atoms with Crippen LogP contribution in [0.5, 0.6) is 0 Å². The third kappa shape index (κ3) is 5.01. The number of methoxy groups -OCH3 is 1. The van der Waals surface area contributed by atoms with Crippen LogP contribution in [0.3, 0.4) is 0 Å². The standard InChI is InChI=1S/C12H16N2O3/c1-9(15)8-11(14-12(16)17-2)13-10-6-4-3-5-7-10/h3-7,11,13H,8H2,1-2H3,(H,14,16)/t11-/m0/s1. The van der Waals surface area contributed by atoms with Crippen LogP contribution in [0.25, 0.3) is 0 Å². The number of hydrogen-bond acceptors (Lipinski definition) is 4. The highest BCUT2D eigenvalue weighted by molar-refractivity contribution is 5.77. The molecule has 0 aliphatic heterocycles. The van der Waals surface area contributed by atoms with E-state index >= 15 is 0 Å². The van der Waals surface area contributed by atoms with E-state index < -0.39 is 12.3 Å². The van der Waals surface area contributed by atoms with E-state index in [9.17, 15) is 9.59 Å². The van der Waals surface area contributed by atoms with Gasteiger partial charge in [0.05, 0.1) is 7.11 Å². The average molecular weight is 236 g/mol. The molecule has 2 N–H and O–H groups in total. The number of anilines is 1. The first-order valence-electron chi connectivity index (χ1n) is 5.27. The molecule has 0 spiro atoms. The lowest BCUT2D eigenvalue weighted by Gasteiger charge is -2.19.